The van der Waals surface area contributed by atoms with E-state index in [0.29, 0.717) is 5.56 Å². The van der Waals surface area contributed by atoms with E-state index in [9.17, 15) is 9.59 Å². The molecule has 0 unspecified atom stereocenters. The van der Waals surface area contributed by atoms with E-state index in [2.05, 4.69) is 5.32 Å². The number of nitrogens with one attached hydrogen (secondary N) is 1. The highest BCUT2D eigenvalue weighted by Gasteiger charge is 2.51. The Hall–Kier alpha value is -2.62. The third-order valence-electron chi connectivity index (χ3n) is 5.15. The first-order valence-electron chi connectivity index (χ1n) is 8.47. The molecule has 3 atom stereocenters. The average molecular weight is 320 g/mol. The van der Waals surface area contributed by atoms with Gasteiger partial charge >= 0.3 is 0 Å². The number of amides is 2. The van der Waals surface area contributed by atoms with Gasteiger partial charge in [-0.05, 0) is 49.4 Å². The van der Waals surface area contributed by atoms with Gasteiger partial charge in [-0.1, -0.05) is 36.4 Å². The molecule has 4 nitrogen and oxygen atoms in total. The van der Waals surface area contributed by atoms with Gasteiger partial charge in [0.05, 0.1) is 0 Å². The molecule has 2 aliphatic rings. The highest BCUT2D eigenvalue weighted by atomic mass is 16.2. The average Bonchev–Trinajstić information content (AvgIpc) is 3.24. The number of rotatable bonds is 3. The highest BCUT2D eigenvalue weighted by Crippen LogP contribution is 2.43. The Bertz CT molecular complexity index is 745. The van der Waals surface area contributed by atoms with Crippen molar-refractivity contribution in [2.75, 3.05) is 5.32 Å². The number of anilines is 1. The lowest BCUT2D eigenvalue weighted by atomic mass is 9.97. The van der Waals surface area contributed by atoms with Gasteiger partial charge < -0.3 is 10.2 Å². The zero-order chi connectivity index (χ0) is 16.5. The number of carbonyl (C=O) groups is 2. The molecule has 2 aromatic rings. The van der Waals surface area contributed by atoms with Crippen LogP contribution in [-0.4, -0.2) is 28.8 Å². The van der Waals surface area contributed by atoms with Crippen LogP contribution in [0.25, 0.3) is 0 Å². The summed E-state index contributed by atoms with van der Waals surface area (Å²) in [6.45, 7) is 0. The molecule has 4 heteroatoms. The molecule has 2 amide bonds. The van der Waals surface area contributed by atoms with Crippen LogP contribution < -0.4 is 5.32 Å². The van der Waals surface area contributed by atoms with Crippen molar-refractivity contribution < 1.29 is 9.59 Å². The molecule has 1 heterocycles. The number of hydrogen-bond acceptors (Lipinski definition) is 2. The fourth-order valence-corrected chi connectivity index (χ4v) is 4.09. The molecule has 1 N–H and O–H groups in total. The molecule has 122 valence electrons. The maximum absolute atomic E-state index is 13.0. The standard InChI is InChI=1S/C20H20N2O2/c23-19(21-16-9-5-2-6-10-16)18-15-11-12-17(13-15)22(18)20(24)14-7-3-1-4-8-14/h1-10,15,17-18H,11-13H2,(H,21,23)/t15-,17-,18-/m0/s1. The summed E-state index contributed by atoms with van der Waals surface area (Å²) in [5.41, 5.74) is 1.43. The van der Waals surface area contributed by atoms with E-state index in [0.717, 1.165) is 24.9 Å². The molecule has 0 spiro atoms. The van der Waals surface area contributed by atoms with Crippen molar-refractivity contribution in [3.8, 4) is 0 Å². The van der Waals surface area contributed by atoms with Crippen LogP contribution in [0.1, 0.15) is 29.6 Å². The molecular weight excluding hydrogens is 300 g/mol. The second-order valence-electron chi connectivity index (χ2n) is 6.61. The number of carbonyl (C=O) groups excluding carboxylic acids is 2. The molecule has 2 fully saturated rings. The number of fused-ring (bicyclic) bond motifs is 2. The van der Waals surface area contributed by atoms with E-state index in [1.807, 2.05) is 65.6 Å². The summed E-state index contributed by atoms with van der Waals surface area (Å²) in [6.07, 6.45) is 2.96. The molecule has 2 aromatic carbocycles. The molecule has 1 aliphatic heterocycles. The summed E-state index contributed by atoms with van der Waals surface area (Å²) in [4.78, 5) is 27.6. The number of hydrogen-bond donors (Lipinski definition) is 1. The topological polar surface area (TPSA) is 49.4 Å². The third-order valence-corrected chi connectivity index (χ3v) is 5.15. The maximum Gasteiger partial charge on any atom is 0.254 e. The van der Waals surface area contributed by atoms with E-state index >= 15 is 0 Å². The zero-order valence-electron chi connectivity index (χ0n) is 13.4. The third kappa shape index (κ3) is 2.58. The Balaban J connectivity index is 1.58. The van der Waals surface area contributed by atoms with E-state index in [1.54, 1.807) is 0 Å². The van der Waals surface area contributed by atoms with Crippen LogP contribution in [0, 0.1) is 5.92 Å². The van der Waals surface area contributed by atoms with Gasteiger partial charge in [-0.15, -0.1) is 0 Å². The Morgan fingerprint density at radius 2 is 1.58 bits per heavy atom. The van der Waals surface area contributed by atoms with Crippen LogP contribution in [0.15, 0.2) is 60.7 Å². The quantitative estimate of drug-likeness (QED) is 0.943. The van der Waals surface area contributed by atoms with E-state index in [1.165, 1.54) is 0 Å². The van der Waals surface area contributed by atoms with E-state index < -0.39 is 0 Å². The normalized spacial score (nSPS) is 24.8. The largest absolute Gasteiger partial charge is 0.324 e. The Morgan fingerprint density at radius 3 is 2.29 bits per heavy atom. The first kappa shape index (κ1) is 14.9. The number of piperidine rings is 1. The Kier molecular flexibility index (Phi) is 3.81. The van der Waals surface area contributed by atoms with Gasteiger partial charge in [0.2, 0.25) is 5.91 Å². The fourth-order valence-electron chi connectivity index (χ4n) is 4.09. The molecule has 1 saturated heterocycles. The second kappa shape index (κ2) is 6.11. The molecule has 1 saturated carbocycles. The van der Waals surface area contributed by atoms with Crippen LogP contribution >= 0.6 is 0 Å². The van der Waals surface area contributed by atoms with Gasteiger partial charge in [-0.3, -0.25) is 9.59 Å². The van der Waals surface area contributed by atoms with Gasteiger partial charge in [-0.25, -0.2) is 0 Å². The van der Waals surface area contributed by atoms with Crippen molar-refractivity contribution in [2.45, 2.75) is 31.3 Å². The van der Waals surface area contributed by atoms with E-state index in [4.69, 9.17) is 0 Å². The Labute approximate surface area is 141 Å². The van der Waals surface area contributed by atoms with Crippen LogP contribution in [0.3, 0.4) is 0 Å². The van der Waals surface area contributed by atoms with Gasteiger partial charge in [0, 0.05) is 17.3 Å². The molecule has 24 heavy (non-hydrogen) atoms. The monoisotopic (exact) mass is 320 g/mol. The zero-order valence-corrected chi connectivity index (χ0v) is 13.4. The molecule has 4 rings (SSSR count). The lowest BCUT2D eigenvalue weighted by Crippen LogP contribution is -2.50. The summed E-state index contributed by atoms with van der Waals surface area (Å²) in [7, 11) is 0. The minimum atomic E-state index is -0.364. The Morgan fingerprint density at radius 1 is 0.917 bits per heavy atom. The lowest BCUT2D eigenvalue weighted by molar-refractivity contribution is -0.121. The fraction of sp³-hybridized carbons (Fsp3) is 0.300. The SMILES string of the molecule is O=C(Nc1ccccc1)[C@@H]1[C@H]2CC[C@@H](C2)N1C(=O)c1ccccc1. The number of para-hydroxylation sites is 1. The lowest BCUT2D eigenvalue weighted by Gasteiger charge is -2.34. The summed E-state index contributed by atoms with van der Waals surface area (Å²) < 4.78 is 0. The van der Waals surface area contributed by atoms with Crippen LogP contribution in [0.4, 0.5) is 5.69 Å². The summed E-state index contributed by atoms with van der Waals surface area (Å²) >= 11 is 0. The van der Waals surface area contributed by atoms with Crippen molar-refractivity contribution in [1.82, 2.24) is 4.90 Å². The predicted octanol–water partition coefficient (Wildman–Crippen LogP) is 3.32. The van der Waals surface area contributed by atoms with Gasteiger partial charge in [-0.2, -0.15) is 0 Å². The van der Waals surface area contributed by atoms with Gasteiger partial charge in [0.1, 0.15) is 6.04 Å². The minimum absolute atomic E-state index is 0.0315. The molecule has 2 bridgehead atoms. The first-order chi connectivity index (χ1) is 11.7. The first-order valence-corrected chi connectivity index (χ1v) is 8.47. The number of nitrogens with zero attached hydrogens (tertiary/aromatic N) is 1. The summed E-state index contributed by atoms with van der Waals surface area (Å²) in [5.74, 6) is 0.167. The molecular formula is C20H20N2O2. The number of likely N-dealkylation sites (tertiary alicyclic amines) is 1. The van der Waals surface area contributed by atoms with Gasteiger partial charge in [0.15, 0.2) is 0 Å². The minimum Gasteiger partial charge on any atom is -0.324 e. The van der Waals surface area contributed by atoms with Crippen molar-refractivity contribution >= 4 is 17.5 Å². The molecule has 0 radical (unpaired) electrons. The van der Waals surface area contributed by atoms with Crippen LogP contribution in [0.2, 0.25) is 0 Å². The van der Waals surface area contributed by atoms with Crippen LogP contribution in [-0.2, 0) is 4.79 Å². The van der Waals surface area contributed by atoms with Crippen molar-refractivity contribution in [1.29, 1.82) is 0 Å². The highest BCUT2D eigenvalue weighted by molar-refractivity contribution is 6.02. The summed E-state index contributed by atoms with van der Waals surface area (Å²) in [6, 6.07) is 18.5. The number of benzene rings is 2. The van der Waals surface area contributed by atoms with Gasteiger partial charge in [0.25, 0.3) is 5.91 Å². The molecule has 1 aliphatic carbocycles. The summed E-state index contributed by atoms with van der Waals surface area (Å²) in [5, 5.41) is 2.97. The second-order valence-corrected chi connectivity index (χ2v) is 6.61. The van der Waals surface area contributed by atoms with Crippen LogP contribution in [0.5, 0.6) is 0 Å². The smallest absolute Gasteiger partial charge is 0.254 e. The van der Waals surface area contributed by atoms with Crippen molar-refractivity contribution in [3.63, 3.8) is 0 Å². The van der Waals surface area contributed by atoms with Crippen molar-refractivity contribution in [3.05, 3.63) is 66.2 Å². The van der Waals surface area contributed by atoms with Crippen molar-refractivity contribution in [2.24, 2.45) is 5.92 Å². The maximum atomic E-state index is 13.0. The van der Waals surface area contributed by atoms with E-state index in [-0.39, 0.29) is 29.8 Å². The molecule has 0 aromatic heterocycles. The predicted molar refractivity (Wildman–Crippen MR) is 92.6 cm³/mol.